The van der Waals surface area contributed by atoms with Crippen LogP contribution in [0.4, 0.5) is 20.2 Å². The van der Waals surface area contributed by atoms with Gasteiger partial charge in [0, 0.05) is 17.9 Å². The highest BCUT2D eigenvalue weighted by Gasteiger charge is 2.27. The number of nitrogens with two attached hydrogens (primary N) is 1. The summed E-state index contributed by atoms with van der Waals surface area (Å²) in [4.78, 5) is 14.0. The summed E-state index contributed by atoms with van der Waals surface area (Å²) in [5.74, 6) is -2.68. The average Bonchev–Trinajstić information content (AvgIpc) is 2.49. The first-order valence-electron chi connectivity index (χ1n) is 6.73. The van der Waals surface area contributed by atoms with Crippen molar-refractivity contribution in [3.05, 3.63) is 59.2 Å². The number of rotatable bonds is 1. The molecule has 0 fully saturated rings. The van der Waals surface area contributed by atoms with Gasteiger partial charge in [0.2, 0.25) is 0 Å². The van der Waals surface area contributed by atoms with Crippen molar-refractivity contribution in [1.82, 2.24) is 0 Å². The Hall–Kier alpha value is -2.43. The minimum absolute atomic E-state index is 0.259. The van der Waals surface area contributed by atoms with Gasteiger partial charge in [-0.25, -0.2) is 8.78 Å². The molecule has 0 radical (unpaired) electrons. The van der Waals surface area contributed by atoms with Gasteiger partial charge in [0.1, 0.15) is 0 Å². The summed E-state index contributed by atoms with van der Waals surface area (Å²) in [7, 11) is 0. The SMILES string of the molecule is Nc1cccc2c1CCCN2C(=O)c1cccc(F)c1F. The van der Waals surface area contributed by atoms with Crippen LogP contribution in [-0.4, -0.2) is 12.5 Å². The highest BCUT2D eigenvalue weighted by atomic mass is 19.2. The van der Waals surface area contributed by atoms with Crippen molar-refractivity contribution in [1.29, 1.82) is 0 Å². The minimum atomic E-state index is -1.11. The molecule has 2 N–H and O–H groups in total. The van der Waals surface area contributed by atoms with E-state index in [2.05, 4.69) is 0 Å². The van der Waals surface area contributed by atoms with E-state index in [4.69, 9.17) is 5.73 Å². The number of nitrogens with zero attached hydrogens (tertiary/aromatic N) is 1. The van der Waals surface area contributed by atoms with E-state index in [0.29, 0.717) is 17.9 Å². The lowest BCUT2D eigenvalue weighted by Crippen LogP contribution is -2.36. The Kier molecular flexibility index (Phi) is 3.33. The van der Waals surface area contributed by atoms with Gasteiger partial charge < -0.3 is 10.6 Å². The second-order valence-corrected chi connectivity index (χ2v) is 5.01. The second-order valence-electron chi connectivity index (χ2n) is 5.01. The zero-order chi connectivity index (χ0) is 15.0. The predicted molar refractivity (Wildman–Crippen MR) is 77.2 cm³/mol. The van der Waals surface area contributed by atoms with Crippen molar-refractivity contribution in [2.75, 3.05) is 17.2 Å². The number of hydrogen-bond acceptors (Lipinski definition) is 2. The normalized spacial score (nSPS) is 13.9. The maximum atomic E-state index is 13.8. The van der Waals surface area contributed by atoms with Crippen LogP contribution in [0.25, 0.3) is 0 Å². The van der Waals surface area contributed by atoms with E-state index in [1.807, 2.05) is 0 Å². The standard InChI is InChI=1S/C16H14F2N2O/c17-12-6-1-4-11(15(12)18)16(21)20-9-3-5-10-13(19)7-2-8-14(10)20/h1-2,4,6-8H,3,5,9,19H2. The van der Waals surface area contributed by atoms with Crippen molar-refractivity contribution in [2.24, 2.45) is 0 Å². The molecule has 0 aliphatic carbocycles. The summed E-state index contributed by atoms with van der Waals surface area (Å²) >= 11 is 0. The van der Waals surface area contributed by atoms with Crippen LogP contribution in [0.3, 0.4) is 0 Å². The topological polar surface area (TPSA) is 46.3 Å². The smallest absolute Gasteiger partial charge is 0.261 e. The Labute approximate surface area is 121 Å². The molecule has 21 heavy (non-hydrogen) atoms. The zero-order valence-electron chi connectivity index (χ0n) is 11.3. The van der Waals surface area contributed by atoms with Crippen molar-refractivity contribution >= 4 is 17.3 Å². The van der Waals surface area contributed by atoms with E-state index in [1.54, 1.807) is 18.2 Å². The number of nitrogen functional groups attached to an aromatic ring is 1. The zero-order valence-corrected chi connectivity index (χ0v) is 11.3. The maximum Gasteiger partial charge on any atom is 0.261 e. The Morgan fingerprint density at radius 2 is 1.90 bits per heavy atom. The second kappa shape index (κ2) is 5.16. The number of carbonyl (C=O) groups excluding carboxylic acids is 1. The first kappa shape index (κ1) is 13.5. The van der Waals surface area contributed by atoms with E-state index in [1.165, 1.54) is 17.0 Å². The minimum Gasteiger partial charge on any atom is -0.398 e. The van der Waals surface area contributed by atoms with Crippen molar-refractivity contribution in [3.8, 4) is 0 Å². The van der Waals surface area contributed by atoms with Gasteiger partial charge in [0.25, 0.3) is 5.91 Å². The van der Waals surface area contributed by atoms with E-state index in [9.17, 15) is 13.6 Å². The summed E-state index contributed by atoms with van der Waals surface area (Å²) in [5.41, 5.74) is 7.84. The van der Waals surface area contributed by atoms with Crippen LogP contribution in [0.1, 0.15) is 22.3 Å². The van der Waals surface area contributed by atoms with Gasteiger partial charge in [-0.1, -0.05) is 12.1 Å². The fraction of sp³-hybridized carbons (Fsp3) is 0.188. The number of fused-ring (bicyclic) bond motifs is 1. The molecule has 3 rings (SSSR count). The van der Waals surface area contributed by atoms with Gasteiger partial charge in [0.15, 0.2) is 11.6 Å². The molecule has 1 heterocycles. The predicted octanol–water partition coefficient (Wildman–Crippen LogP) is 3.14. The Morgan fingerprint density at radius 1 is 1.14 bits per heavy atom. The quantitative estimate of drug-likeness (QED) is 0.819. The van der Waals surface area contributed by atoms with Gasteiger partial charge in [-0.05, 0) is 42.7 Å². The lowest BCUT2D eigenvalue weighted by Gasteiger charge is -2.30. The average molecular weight is 288 g/mol. The van der Waals surface area contributed by atoms with Crippen LogP contribution in [0.15, 0.2) is 36.4 Å². The third-order valence-corrected chi connectivity index (χ3v) is 3.71. The number of anilines is 2. The largest absolute Gasteiger partial charge is 0.398 e. The number of carbonyl (C=O) groups is 1. The van der Waals surface area contributed by atoms with Crippen LogP contribution in [-0.2, 0) is 6.42 Å². The van der Waals surface area contributed by atoms with E-state index in [-0.39, 0.29) is 5.56 Å². The van der Waals surface area contributed by atoms with Crippen molar-refractivity contribution in [2.45, 2.75) is 12.8 Å². The third-order valence-electron chi connectivity index (χ3n) is 3.71. The van der Waals surface area contributed by atoms with Crippen LogP contribution >= 0.6 is 0 Å². The molecular weight excluding hydrogens is 274 g/mol. The van der Waals surface area contributed by atoms with Gasteiger partial charge in [-0.3, -0.25) is 4.79 Å². The molecule has 0 saturated carbocycles. The maximum absolute atomic E-state index is 13.8. The lowest BCUT2D eigenvalue weighted by atomic mass is 9.99. The van der Waals surface area contributed by atoms with E-state index < -0.39 is 17.5 Å². The molecule has 0 aromatic heterocycles. The van der Waals surface area contributed by atoms with E-state index >= 15 is 0 Å². The van der Waals surface area contributed by atoms with Crippen LogP contribution in [0.2, 0.25) is 0 Å². The molecule has 5 heteroatoms. The fourth-order valence-electron chi connectivity index (χ4n) is 2.68. The summed E-state index contributed by atoms with van der Waals surface area (Å²) in [6, 6.07) is 8.92. The molecule has 0 atom stereocenters. The summed E-state index contributed by atoms with van der Waals surface area (Å²) < 4.78 is 27.1. The van der Waals surface area contributed by atoms with Gasteiger partial charge in [-0.15, -0.1) is 0 Å². The molecule has 0 bridgehead atoms. The Balaban J connectivity index is 2.05. The molecule has 1 aliphatic heterocycles. The molecule has 1 aliphatic rings. The van der Waals surface area contributed by atoms with E-state index in [0.717, 1.165) is 24.5 Å². The van der Waals surface area contributed by atoms with Crippen LogP contribution in [0.5, 0.6) is 0 Å². The summed E-state index contributed by atoms with van der Waals surface area (Å²) in [6.45, 7) is 0.464. The number of halogens is 2. The summed E-state index contributed by atoms with van der Waals surface area (Å²) in [5, 5.41) is 0. The number of amides is 1. The Morgan fingerprint density at radius 3 is 2.71 bits per heavy atom. The van der Waals surface area contributed by atoms with Gasteiger partial charge in [0.05, 0.1) is 5.56 Å². The molecule has 1 amide bonds. The summed E-state index contributed by atoms with van der Waals surface area (Å²) in [6.07, 6.45) is 1.52. The lowest BCUT2D eigenvalue weighted by molar-refractivity contribution is 0.0980. The molecule has 0 unspecified atom stereocenters. The molecule has 2 aromatic rings. The van der Waals surface area contributed by atoms with Gasteiger partial charge in [-0.2, -0.15) is 0 Å². The molecule has 108 valence electrons. The molecule has 3 nitrogen and oxygen atoms in total. The first-order chi connectivity index (χ1) is 10.1. The fourth-order valence-corrected chi connectivity index (χ4v) is 2.68. The Bertz CT molecular complexity index is 715. The van der Waals surface area contributed by atoms with Crippen LogP contribution < -0.4 is 10.6 Å². The highest BCUT2D eigenvalue weighted by Crippen LogP contribution is 2.32. The van der Waals surface area contributed by atoms with Gasteiger partial charge >= 0.3 is 0 Å². The number of benzene rings is 2. The highest BCUT2D eigenvalue weighted by molar-refractivity contribution is 6.07. The molecular formula is C16H14F2N2O. The monoisotopic (exact) mass is 288 g/mol. The van der Waals surface area contributed by atoms with Crippen molar-refractivity contribution < 1.29 is 13.6 Å². The molecule has 0 saturated heterocycles. The molecule has 2 aromatic carbocycles. The van der Waals surface area contributed by atoms with Crippen molar-refractivity contribution in [3.63, 3.8) is 0 Å². The number of hydrogen-bond donors (Lipinski definition) is 1. The molecule has 0 spiro atoms. The first-order valence-corrected chi connectivity index (χ1v) is 6.73. The third kappa shape index (κ3) is 2.24. The van der Waals surface area contributed by atoms with Crippen LogP contribution in [0, 0.1) is 11.6 Å².